The van der Waals surface area contributed by atoms with Gasteiger partial charge >= 0.3 is 0 Å². The first kappa shape index (κ1) is 15.8. The molecule has 1 N–H and O–H groups in total. The van der Waals surface area contributed by atoms with Gasteiger partial charge in [-0.3, -0.25) is 9.78 Å². The Morgan fingerprint density at radius 2 is 1.92 bits per heavy atom. The average Bonchev–Trinajstić information content (AvgIpc) is 2.62. The molecule has 1 aliphatic heterocycles. The van der Waals surface area contributed by atoms with E-state index in [1.54, 1.807) is 12.4 Å². The molecule has 0 bridgehead atoms. The lowest BCUT2D eigenvalue weighted by molar-refractivity contribution is -0.138. The predicted molar refractivity (Wildman–Crippen MR) is 95.7 cm³/mol. The van der Waals surface area contributed by atoms with Crippen LogP contribution in [0.1, 0.15) is 19.3 Å². The van der Waals surface area contributed by atoms with Gasteiger partial charge in [0.05, 0.1) is 11.9 Å². The summed E-state index contributed by atoms with van der Waals surface area (Å²) in [5.74, 6) is 2.17. The Bertz CT molecular complexity index is 708. The molecule has 4 rings (SSSR count). The van der Waals surface area contributed by atoms with Crippen LogP contribution in [0.4, 0.5) is 17.3 Å². The number of pyridine rings is 1. The summed E-state index contributed by atoms with van der Waals surface area (Å²) in [6.45, 7) is 3.16. The summed E-state index contributed by atoms with van der Waals surface area (Å²) >= 11 is 0. The zero-order valence-corrected chi connectivity index (χ0v) is 14.1. The molecule has 2 fully saturated rings. The van der Waals surface area contributed by atoms with Gasteiger partial charge in [-0.25, -0.2) is 0 Å². The van der Waals surface area contributed by atoms with Crippen molar-refractivity contribution in [3.05, 3.63) is 36.7 Å². The second-order valence-corrected chi connectivity index (χ2v) is 6.58. The van der Waals surface area contributed by atoms with Crippen molar-refractivity contribution < 1.29 is 4.79 Å². The fourth-order valence-electron chi connectivity index (χ4n) is 3.21. The van der Waals surface area contributed by atoms with Crippen LogP contribution >= 0.6 is 0 Å². The molecule has 1 saturated heterocycles. The van der Waals surface area contributed by atoms with Crippen LogP contribution < -0.4 is 10.2 Å². The molecule has 1 saturated carbocycles. The predicted octanol–water partition coefficient (Wildman–Crippen LogP) is 2.06. The van der Waals surface area contributed by atoms with Crippen LogP contribution in [0.15, 0.2) is 36.7 Å². The highest BCUT2D eigenvalue weighted by molar-refractivity contribution is 5.79. The van der Waals surface area contributed by atoms with Crippen molar-refractivity contribution in [3.8, 4) is 0 Å². The molecule has 0 spiro atoms. The largest absolute Gasteiger partial charge is 0.352 e. The van der Waals surface area contributed by atoms with Gasteiger partial charge in [-0.05, 0) is 37.1 Å². The molecule has 25 heavy (non-hydrogen) atoms. The van der Waals surface area contributed by atoms with Crippen molar-refractivity contribution in [2.75, 3.05) is 36.4 Å². The Hall–Kier alpha value is -2.70. The first-order chi connectivity index (χ1) is 12.3. The van der Waals surface area contributed by atoms with Crippen LogP contribution in [0.5, 0.6) is 0 Å². The van der Waals surface area contributed by atoms with E-state index in [1.807, 2.05) is 29.2 Å². The smallest absolute Gasteiger partial charge is 0.225 e. The van der Waals surface area contributed by atoms with Crippen LogP contribution in [0, 0.1) is 5.92 Å². The Morgan fingerprint density at radius 1 is 1.08 bits per heavy atom. The number of hydrogen-bond donors (Lipinski definition) is 1. The minimum Gasteiger partial charge on any atom is -0.352 e. The maximum absolute atomic E-state index is 12.3. The van der Waals surface area contributed by atoms with E-state index < -0.39 is 0 Å². The van der Waals surface area contributed by atoms with Gasteiger partial charge in [0.25, 0.3) is 0 Å². The minimum absolute atomic E-state index is 0.282. The van der Waals surface area contributed by atoms with Crippen molar-refractivity contribution in [2.45, 2.75) is 19.3 Å². The second kappa shape index (κ2) is 7.04. The fourth-order valence-corrected chi connectivity index (χ4v) is 3.21. The standard InChI is InChI=1S/C18H22N6O/c25-18(14-3-1-4-14)24-11-9-23(10-12-24)17-7-6-16(21-22-17)20-15-5-2-8-19-13-15/h2,5-8,13-14H,1,3-4,9-12H2,(H,20,21). The third-order valence-corrected chi connectivity index (χ3v) is 4.95. The number of nitrogens with zero attached hydrogens (tertiary/aromatic N) is 5. The Kier molecular flexibility index (Phi) is 4.45. The third-order valence-electron chi connectivity index (χ3n) is 4.95. The van der Waals surface area contributed by atoms with Crippen molar-refractivity contribution in [1.29, 1.82) is 0 Å². The van der Waals surface area contributed by atoms with Gasteiger partial charge in [0, 0.05) is 38.3 Å². The van der Waals surface area contributed by atoms with Crippen molar-refractivity contribution >= 4 is 23.2 Å². The maximum atomic E-state index is 12.3. The van der Waals surface area contributed by atoms with Crippen LogP contribution in [0.2, 0.25) is 0 Å². The molecule has 0 unspecified atom stereocenters. The van der Waals surface area contributed by atoms with Crippen molar-refractivity contribution in [3.63, 3.8) is 0 Å². The number of carbonyl (C=O) groups excluding carboxylic acids is 1. The zero-order chi connectivity index (χ0) is 17.1. The Labute approximate surface area is 147 Å². The number of piperazine rings is 1. The Morgan fingerprint density at radius 3 is 2.52 bits per heavy atom. The minimum atomic E-state index is 0.282. The van der Waals surface area contributed by atoms with Gasteiger partial charge in [-0.2, -0.15) is 0 Å². The second-order valence-electron chi connectivity index (χ2n) is 6.58. The molecule has 1 aliphatic carbocycles. The van der Waals surface area contributed by atoms with E-state index in [0.717, 1.165) is 50.5 Å². The van der Waals surface area contributed by atoms with Gasteiger partial charge in [0.2, 0.25) is 5.91 Å². The number of hydrogen-bond acceptors (Lipinski definition) is 6. The van der Waals surface area contributed by atoms with E-state index in [2.05, 4.69) is 25.4 Å². The Balaban J connectivity index is 1.33. The molecule has 0 aromatic carbocycles. The summed E-state index contributed by atoms with van der Waals surface area (Å²) in [4.78, 5) is 20.6. The average molecular weight is 338 g/mol. The van der Waals surface area contributed by atoms with Crippen molar-refractivity contribution in [2.24, 2.45) is 5.92 Å². The third kappa shape index (κ3) is 3.55. The van der Waals surface area contributed by atoms with E-state index in [9.17, 15) is 4.79 Å². The van der Waals surface area contributed by atoms with E-state index in [4.69, 9.17) is 0 Å². The molecule has 3 heterocycles. The fraction of sp³-hybridized carbons (Fsp3) is 0.444. The molecular formula is C18H22N6O. The number of carbonyl (C=O) groups is 1. The molecular weight excluding hydrogens is 316 g/mol. The van der Waals surface area contributed by atoms with Crippen LogP contribution in [-0.4, -0.2) is 52.2 Å². The zero-order valence-electron chi connectivity index (χ0n) is 14.1. The summed E-state index contributed by atoms with van der Waals surface area (Å²) in [5.41, 5.74) is 0.882. The van der Waals surface area contributed by atoms with Gasteiger partial charge in [0.15, 0.2) is 11.6 Å². The quantitative estimate of drug-likeness (QED) is 0.920. The molecule has 2 aromatic rings. The van der Waals surface area contributed by atoms with E-state index in [1.165, 1.54) is 6.42 Å². The molecule has 0 radical (unpaired) electrons. The molecule has 7 nitrogen and oxygen atoms in total. The topological polar surface area (TPSA) is 74.2 Å². The van der Waals surface area contributed by atoms with Crippen LogP contribution in [-0.2, 0) is 4.79 Å². The van der Waals surface area contributed by atoms with E-state index >= 15 is 0 Å². The molecule has 0 atom stereocenters. The molecule has 1 amide bonds. The molecule has 130 valence electrons. The van der Waals surface area contributed by atoms with Gasteiger partial charge in [-0.15, -0.1) is 10.2 Å². The normalized spacial score (nSPS) is 17.9. The number of nitrogens with one attached hydrogen (secondary N) is 1. The van der Waals surface area contributed by atoms with Gasteiger partial charge < -0.3 is 15.1 Å². The van der Waals surface area contributed by atoms with Crippen molar-refractivity contribution in [1.82, 2.24) is 20.1 Å². The summed E-state index contributed by atoms with van der Waals surface area (Å²) < 4.78 is 0. The SMILES string of the molecule is O=C(C1CCC1)N1CCN(c2ccc(Nc3cccnc3)nn2)CC1. The monoisotopic (exact) mass is 338 g/mol. The number of amides is 1. The summed E-state index contributed by atoms with van der Waals surface area (Å²) in [6, 6.07) is 7.69. The van der Waals surface area contributed by atoms with E-state index in [0.29, 0.717) is 11.7 Å². The summed E-state index contributed by atoms with van der Waals surface area (Å²) in [5, 5.41) is 11.7. The lowest BCUT2D eigenvalue weighted by atomic mass is 9.84. The lowest BCUT2D eigenvalue weighted by Gasteiger charge is -2.38. The lowest BCUT2D eigenvalue weighted by Crippen LogP contribution is -2.51. The molecule has 7 heteroatoms. The number of rotatable bonds is 4. The molecule has 2 aliphatic rings. The first-order valence-electron chi connectivity index (χ1n) is 8.84. The highest BCUT2D eigenvalue weighted by Gasteiger charge is 2.31. The summed E-state index contributed by atoms with van der Waals surface area (Å²) in [6.07, 6.45) is 6.81. The summed E-state index contributed by atoms with van der Waals surface area (Å²) in [7, 11) is 0. The van der Waals surface area contributed by atoms with Gasteiger partial charge in [0.1, 0.15) is 0 Å². The first-order valence-corrected chi connectivity index (χ1v) is 8.84. The number of anilines is 3. The van der Waals surface area contributed by atoms with E-state index in [-0.39, 0.29) is 5.92 Å². The molecule has 2 aromatic heterocycles. The number of aromatic nitrogens is 3. The maximum Gasteiger partial charge on any atom is 0.225 e. The van der Waals surface area contributed by atoms with Gasteiger partial charge in [-0.1, -0.05) is 6.42 Å². The van der Waals surface area contributed by atoms with Crippen LogP contribution in [0.25, 0.3) is 0 Å². The highest BCUT2D eigenvalue weighted by atomic mass is 16.2. The van der Waals surface area contributed by atoms with Crippen LogP contribution in [0.3, 0.4) is 0 Å². The highest BCUT2D eigenvalue weighted by Crippen LogP contribution is 2.28.